The Kier molecular flexibility index (Phi) is 6.98. The van der Waals surface area contributed by atoms with Crippen LogP contribution in [0, 0.1) is 0 Å². The van der Waals surface area contributed by atoms with E-state index >= 15 is 0 Å². The smallest absolute Gasteiger partial charge is 0.307 e. The predicted octanol–water partition coefficient (Wildman–Crippen LogP) is -0.473. The van der Waals surface area contributed by atoms with E-state index in [2.05, 4.69) is 0 Å². The van der Waals surface area contributed by atoms with E-state index in [0.29, 0.717) is 0 Å². The molecule has 6 nitrogen and oxygen atoms in total. The van der Waals surface area contributed by atoms with Crippen LogP contribution in [0.2, 0.25) is 0 Å². The lowest BCUT2D eigenvalue weighted by molar-refractivity contribution is -0.377. The molecular formula is C8H19NO5. The van der Waals surface area contributed by atoms with E-state index in [1.165, 1.54) is 28.4 Å². The van der Waals surface area contributed by atoms with E-state index in [4.69, 9.17) is 29.4 Å². The predicted molar refractivity (Wildman–Crippen MR) is 49.6 cm³/mol. The van der Waals surface area contributed by atoms with Crippen LogP contribution in [0.5, 0.6) is 0 Å². The maximum atomic E-state index is 5.36. The van der Waals surface area contributed by atoms with Gasteiger partial charge in [-0.05, 0) is 0 Å². The Bertz CT molecular complexity index is 127. The SMILES string of the molecule is COC(CN)OCC(OC)(OC)OC. The molecule has 0 aromatic rings. The number of methoxy groups -OCH3 is 4. The lowest BCUT2D eigenvalue weighted by Gasteiger charge is -2.29. The molecule has 2 N–H and O–H groups in total. The van der Waals surface area contributed by atoms with Gasteiger partial charge in [-0.2, -0.15) is 0 Å². The highest BCUT2D eigenvalue weighted by Crippen LogP contribution is 2.13. The van der Waals surface area contributed by atoms with E-state index in [0.717, 1.165) is 0 Å². The van der Waals surface area contributed by atoms with Crippen molar-refractivity contribution in [3.05, 3.63) is 0 Å². The van der Waals surface area contributed by atoms with Crippen LogP contribution in [0.25, 0.3) is 0 Å². The topological polar surface area (TPSA) is 72.2 Å². The molecule has 0 saturated carbocycles. The van der Waals surface area contributed by atoms with E-state index in [9.17, 15) is 0 Å². The van der Waals surface area contributed by atoms with Crippen LogP contribution < -0.4 is 5.73 Å². The number of hydrogen-bond donors (Lipinski definition) is 1. The first-order chi connectivity index (χ1) is 6.67. The lowest BCUT2D eigenvalue weighted by Crippen LogP contribution is -2.43. The maximum Gasteiger partial charge on any atom is 0.307 e. The number of rotatable bonds is 8. The maximum absolute atomic E-state index is 5.36. The van der Waals surface area contributed by atoms with Gasteiger partial charge in [0.2, 0.25) is 0 Å². The summed E-state index contributed by atoms with van der Waals surface area (Å²) in [6.45, 7) is 0.329. The van der Waals surface area contributed by atoms with Gasteiger partial charge in [-0.15, -0.1) is 0 Å². The van der Waals surface area contributed by atoms with Crippen molar-refractivity contribution in [2.24, 2.45) is 5.73 Å². The molecule has 0 aliphatic carbocycles. The fraction of sp³-hybridized carbons (Fsp3) is 1.00. The minimum absolute atomic E-state index is 0.0756. The molecule has 0 radical (unpaired) electrons. The molecule has 0 fully saturated rings. The van der Waals surface area contributed by atoms with Gasteiger partial charge in [0, 0.05) is 35.0 Å². The van der Waals surface area contributed by atoms with Crippen LogP contribution in [0.3, 0.4) is 0 Å². The normalized spacial score (nSPS) is 14.4. The van der Waals surface area contributed by atoms with Gasteiger partial charge in [0.15, 0.2) is 6.29 Å². The molecule has 1 unspecified atom stereocenters. The Labute approximate surface area is 84.2 Å². The third kappa shape index (κ3) is 3.87. The third-order valence-corrected chi connectivity index (χ3v) is 1.83. The van der Waals surface area contributed by atoms with E-state index in [-0.39, 0.29) is 13.2 Å². The molecule has 0 aromatic heterocycles. The van der Waals surface area contributed by atoms with E-state index in [1.54, 1.807) is 0 Å². The van der Waals surface area contributed by atoms with Crippen LogP contribution in [-0.2, 0) is 23.7 Å². The Morgan fingerprint density at radius 3 is 1.86 bits per heavy atom. The third-order valence-electron chi connectivity index (χ3n) is 1.83. The van der Waals surface area contributed by atoms with Crippen molar-refractivity contribution in [2.75, 3.05) is 41.6 Å². The molecule has 1 atom stereocenters. The van der Waals surface area contributed by atoms with Gasteiger partial charge in [-0.1, -0.05) is 0 Å². The van der Waals surface area contributed by atoms with Gasteiger partial charge >= 0.3 is 5.97 Å². The Hall–Kier alpha value is -0.240. The molecule has 0 amide bonds. The summed E-state index contributed by atoms with van der Waals surface area (Å²) >= 11 is 0. The second-order valence-corrected chi connectivity index (χ2v) is 2.51. The van der Waals surface area contributed by atoms with Gasteiger partial charge in [-0.25, -0.2) is 0 Å². The molecule has 0 bridgehead atoms. The molecule has 0 spiro atoms. The lowest BCUT2D eigenvalue weighted by atomic mass is 10.5. The minimum atomic E-state index is -1.20. The highest BCUT2D eigenvalue weighted by molar-refractivity contribution is 4.54. The first-order valence-corrected chi connectivity index (χ1v) is 4.18. The zero-order valence-corrected chi connectivity index (χ0v) is 9.11. The van der Waals surface area contributed by atoms with Crippen molar-refractivity contribution in [3.8, 4) is 0 Å². The average molecular weight is 209 g/mol. The summed E-state index contributed by atoms with van der Waals surface area (Å²) < 4.78 is 25.2. The summed E-state index contributed by atoms with van der Waals surface area (Å²) in [7, 11) is 5.88. The van der Waals surface area contributed by atoms with Gasteiger partial charge in [0.05, 0.1) is 0 Å². The molecule has 0 aliphatic heterocycles. The van der Waals surface area contributed by atoms with Gasteiger partial charge in [0.25, 0.3) is 0 Å². The van der Waals surface area contributed by atoms with Gasteiger partial charge < -0.3 is 29.4 Å². The molecule has 0 saturated heterocycles. The molecule has 0 aliphatic rings. The van der Waals surface area contributed by atoms with Crippen molar-refractivity contribution in [3.63, 3.8) is 0 Å². The summed E-state index contributed by atoms with van der Waals surface area (Å²) in [5.41, 5.74) is 5.36. The van der Waals surface area contributed by atoms with Gasteiger partial charge in [0.1, 0.15) is 6.61 Å². The first kappa shape index (κ1) is 13.8. The molecule has 86 valence electrons. The number of hydrogen-bond acceptors (Lipinski definition) is 6. The molecule has 6 heteroatoms. The highest BCUT2D eigenvalue weighted by Gasteiger charge is 2.31. The Balaban J connectivity index is 4.04. The average Bonchev–Trinajstić information content (AvgIpc) is 2.26. The largest absolute Gasteiger partial charge is 0.355 e. The molecule has 0 heterocycles. The molecule has 0 aromatic carbocycles. The molecule has 0 rings (SSSR count). The standard InChI is InChI=1S/C8H19NO5/c1-10-7(5-9)14-6-8(11-2,12-3)13-4/h7H,5-6,9H2,1-4H3. The van der Waals surface area contributed by atoms with Crippen LogP contribution >= 0.6 is 0 Å². The van der Waals surface area contributed by atoms with Crippen molar-refractivity contribution in [1.29, 1.82) is 0 Å². The van der Waals surface area contributed by atoms with Crippen LogP contribution in [0.1, 0.15) is 0 Å². The quantitative estimate of drug-likeness (QED) is 0.545. The van der Waals surface area contributed by atoms with Crippen LogP contribution in [0.4, 0.5) is 0 Å². The number of nitrogens with two attached hydrogens (primary N) is 1. The monoisotopic (exact) mass is 209 g/mol. The summed E-state index contributed by atoms with van der Waals surface area (Å²) in [6.07, 6.45) is -0.491. The number of ether oxygens (including phenoxy) is 5. The van der Waals surface area contributed by atoms with E-state index < -0.39 is 12.3 Å². The molecule has 14 heavy (non-hydrogen) atoms. The Morgan fingerprint density at radius 1 is 1.07 bits per heavy atom. The minimum Gasteiger partial charge on any atom is -0.355 e. The Morgan fingerprint density at radius 2 is 1.57 bits per heavy atom. The summed E-state index contributed by atoms with van der Waals surface area (Å²) in [6, 6.07) is 0. The van der Waals surface area contributed by atoms with Gasteiger partial charge in [-0.3, -0.25) is 0 Å². The fourth-order valence-corrected chi connectivity index (χ4v) is 0.854. The van der Waals surface area contributed by atoms with Crippen molar-refractivity contribution in [1.82, 2.24) is 0 Å². The fourth-order valence-electron chi connectivity index (χ4n) is 0.854. The highest BCUT2D eigenvalue weighted by atomic mass is 16.9. The summed E-state index contributed by atoms with van der Waals surface area (Å²) in [5.74, 6) is -1.20. The van der Waals surface area contributed by atoms with Crippen LogP contribution in [-0.4, -0.2) is 53.9 Å². The zero-order chi connectivity index (χ0) is 11.0. The van der Waals surface area contributed by atoms with Crippen molar-refractivity contribution >= 4 is 0 Å². The summed E-state index contributed by atoms with van der Waals surface area (Å²) in [5, 5.41) is 0. The van der Waals surface area contributed by atoms with Crippen molar-refractivity contribution in [2.45, 2.75) is 12.3 Å². The molecular weight excluding hydrogens is 190 g/mol. The second-order valence-electron chi connectivity index (χ2n) is 2.51. The van der Waals surface area contributed by atoms with E-state index in [1.807, 2.05) is 0 Å². The van der Waals surface area contributed by atoms with Crippen molar-refractivity contribution < 1.29 is 23.7 Å². The summed E-state index contributed by atoms with van der Waals surface area (Å²) in [4.78, 5) is 0. The van der Waals surface area contributed by atoms with Crippen LogP contribution in [0.15, 0.2) is 0 Å². The first-order valence-electron chi connectivity index (χ1n) is 4.18. The zero-order valence-electron chi connectivity index (χ0n) is 9.11. The second kappa shape index (κ2) is 7.10.